The van der Waals surface area contributed by atoms with Gasteiger partial charge in [0.2, 0.25) is 5.95 Å². The number of halogens is 2. The molecule has 3 atom stereocenters. The number of hydrogen-bond donors (Lipinski definition) is 3. The molecule has 0 amide bonds. The van der Waals surface area contributed by atoms with Crippen LogP contribution in [0.2, 0.25) is 0 Å². The molecule has 0 bridgehead atoms. The lowest BCUT2D eigenvalue weighted by Gasteiger charge is -2.11. The minimum Gasteiger partial charge on any atom is -0.371 e. The molecule has 1 saturated heterocycles. The van der Waals surface area contributed by atoms with Gasteiger partial charge in [-0.25, -0.2) is 23.3 Å². The van der Waals surface area contributed by atoms with Crippen LogP contribution in [0, 0.1) is 18.8 Å². The monoisotopic (exact) mass is 439 g/mol. The molecule has 4 aromatic rings. The fourth-order valence-electron chi connectivity index (χ4n) is 4.87. The Hall–Kier alpha value is -3.34. The van der Waals surface area contributed by atoms with Crippen LogP contribution in [0.25, 0.3) is 27.9 Å². The van der Waals surface area contributed by atoms with Gasteiger partial charge in [0.25, 0.3) is 6.43 Å². The number of pyridine rings is 1. The predicted octanol–water partition coefficient (Wildman–Crippen LogP) is 2.39. The van der Waals surface area contributed by atoms with Crippen molar-refractivity contribution < 1.29 is 8.78 Å². The molecule has 2 aliphatic rings. The van der Waals surface area contributed by atoms with Gasteiger partial charge < -0.3 is 20.5 Å². The highest BCUT2D eigenvalue weighted by Gasteiger charge is 2.53. The molecule has 1 aliphatic heterocycles. The average molecular weight is 439 g/mol. The van der Waals surface area contributed by atoms with Crippen LogP contribution in [0.15, 0.2) is 24.4 Å². The van der Waals surface area contributed by atoms with Crippen molar-refractivity contribution in [2.24, 2.45) is 11.8 Å². The number of hydrogen-bond acceptors (Lipinski definition) is 7. The van der Waals surface area contributed by atoms with E-state index in [1.54, 1.807) is 11.4 Å². The summed E-state index contributed by atoms with van der Waals surface area (Å²) in [7, 11) is 1.82. The maximum atomic E-state index is 13.1. The summed E-state index contributed by atoms with van der Waals surface area (Å²) in [5.41, 5.74) is 3.28. The second-order valence-corrected chi connectivity index (χ2v) is 8.41. The first-order valence-electron chi connectivity index (χ1n) is 10.7. The first kappa shape index (κ1) is 19.4. The highest BCUT2D eigenvalue weighted by molar-refractivity contribution is 5.89. The van der Waals surface area contributed by atoms with E-state index < -0.39 is 13.0 Å². The van der Waals surface area contributed by atoms with Gasteiger partial charge in [0, 0.05) is 37.9 Å². The van der Waals surface area contributed by atoms with E-state index in [1.165, 1.54) is 4.57 Å². The number of rotatable bonds is 6. The zero-order valence-electron chi connectivity index (χ0n) is 17.7. The number of aromatic nitrogens is 6. The Morgan fingerprint density at radius 1 is 1.16 bits per heavy atom. The largest absolute Gasteiger partial charge is 0.371 e. The Morgan fingerprint density at radius 3 is 2.72 bits per heavy atom. The van der Waals surface area contributed by atoms with Crippen molar-refractivity contribution in [3.8, 4) is 11.3 Å². The van der Waals surface area contributed by atoms with Crippen molar-refractivity contribution >= 4 is 28.4 Å². The molecular formula is C21H23F2N9. The zero-order valence-corrected chi connectivity index (χ0v) is 17.7. The van der Waals surface area contributed by atoms with Crippen molar-refractivity contribution in [1.29, 1.82) is 0 Å². The molecule has 166 valence electrons. The van der Waals surface area contributed by atoms with Gasteiger partial charge in [-0.2, -0.15) is 4.98 Å². The van der Waals surface area contributed by atoms with E-state index in [-0.39, 0.29) is 0 Å². The van der Waals surface area contributed by atoms with E-state index in [9.17, 15) is 8.78 Å². The first-order chi connectivity index (χ1) is 15.5. The Bertz CT molecular complexity index is 1320. The van der Waals surface area contributed by atoms with Gasteiger partial charge in [-0.3, -0.25) is 0 Å². The van der Waals surface area contributed by atoms with Gasteiger partial charge in [0.1, 0.15) is 16.9 Å². The van der Waals surface area contributed by atoms with Crippen molar-refractivity contribution in [3.63, 3.8) is 0 Å². The molecule has 11 heteroatoms. The maximum absolute atomic E-state index is 13.1. The molecule has 9 nitrogen and oxygen atoms in total. The maximum Gasteiger partial charge on any atom is 0.256 e. The Labute approximate surface area is 182 Å². The van der Waals surface area contributed by atoms with Gasteiger partial charge in [-0.15, -0.1) is 5.10 Å². The van der Waals surface area contributed by atoms with Gasteiger partial charge in [0.05, 0.1) is 12.2 Å². The van der Waals surface area contributed by atoms with Crippen LogP contribution >= 0.6 is 0 Å². The molecule has 0 spiro atoms. The molecule has 0 radical (unpaired) electrons. The molecule has 1 aliphatic carbocycles. The van der Waals surface area contributed by atoms with Crippen LogP contribution in [0.4, 0.5) is 20.5 Å². The molecule has 32 heavy (non-hydrogen) atoms. The summed E-state index contributed by atoms with van der Waals surface area (Å²) in [6.45, 7) is 3.34. The number of alkyl halides is 2. The fraction of sp³-hybridized carbons (Fsp3) is 0.429. The van der Waals surface area contributed by atoms with E-state index in [2.05, 4.69) is 36.0 Å². The Morgan fingerprint density at radius 2 is 1.97 bits per heavy atom. The molecule has 0 aromatic carbocycles. The van der Waals surface area contributed by atoms with E-state index in [4.69, 9.17) is 0 Å². The minimum absolute atomic E-state index is 0.413. The standard InChI is InChI=1S/C21H23F2N9/c1-10-26-15-4-3-14(27-20(15)31(10)9-16(22)23)11-5-6-32-18(11)19(24-2)29-21(30-32)28-17-12-7-25-8-13(12)17/h3-6,12-13,16-17,25H,7-9H2,1-2H3,(H2,24,28,29,30)/t12-,13+,17?. The number of imidazole rings is 1. The summed E-state index contributed by atoms with van der Waals surface area (Å²) < 4.78 is 29.4. The van der Waals surface area contributed by atoms with Crippen LogP contribution in [0.5, 0.6) is 0 Å². The Balaban J connectivity index is 1.40. The molecule has 3 N–H and O–H groups in total. The number of fused-ring (bicyclic) bond motifs is 3. The summed E-state index contributed by atoms with van der Waals surface area (Å²) in [4.78, 5) is 13.7. The molecule has 1 unspecified atom stereocenters. The second kappa shape index (κ2) is 7.09. The zero-order chi connectivity index (χ0) is 22.0. The number of piperidine rings is 1. The molecule has 4 aromatic heterocycles. The lowest BCUT2D eigenvalue weighted by Crippen LogP contribution is -2.22. The quantitative estimate of drug-likeness (QED) is 0.424. The van der Waals surface area contributed by atoms with Crippen LogP contribution in [-0.2, 0) is 6.54 Å². The van der Waals surface area contributed by atoms with Crippen LogP contribution in [-0.4, -0.2) is 61.7 Å². The van der Waals surface area contributed by atoms with Gasteiger partial charge in [-0.05, 0) is 37.0 Å². The van der Waals surface area contributed by atoms with Crippen LogP contribution in [0.3, 0.4) is 0 Å². The first-order valence-corrected chi connectivity index (χ1v) is 10.7. The highest BCUT2D eigenvalue weighted by atomic mass is 19.3. The second-order valence-electron chi connectivity index (χ2n) is 8.41. The normalized spacial score (nSPS) is 22.1. The third kappa shape index (κ3) is 2.99. The van der Waals surface area contributed by atoms with Crippen molar-refractivity contribution in [2.75, 3.05) is 30.8 Å². The lowest BCUT2D eigenvalue weighted by atomic mass is 10.2. The van der Waals surface area contributed by atoms with Crippen molar-refractivity contribution in [2.45, 2.75) is 25.9 Å². The van der Waals surface area contributed by atoms with E-state index >= 15 is 0 Å². The Kier molecular flexibility index (Phi) is 4.29. The topological polar surface area (TPSA) is 97.0 Å². The number of aryl methyl sites for hydroxylation is 1. The number of anilines is 2. The minimum atomic E-state index is -2.48. The number of nitrogens with zero attached hydrogens (tertiary/aromatic N) is 6. The molecular weight excluding hydrogens is 416 g/mol. The smallest absolute Gasteiger partial charge is 0.256 e. The van der Waals surface area contributed by atoms with Gasteiger partial charge in [-0.1, -0.05) is 0 Å². The van der Waals surface area contributed by atoms with Crippen molar-refractivity contribution in [3.05, 3.63) is 30.2 Å². The molecule has 5 heterocycles. The van der Waals surface area contributed by atoms with Gasteiger partial charge >= 0.3 is 0 Å². The van der Waals surface area contributed by atoms with E-state index in [0.717, 1.165) is 24.2 Å². The van der Waals surface area contributed by atoms with Crippen molar-refractivity contribution in [1.82, 2.24) is 34.4 Å². The highest BCUT2D eigenvalue weighted by Crippen LogP contribution is 2.43. The molecule has 1 saturated carbocycles. The van der Waals surface area contributed by atoms with Gasteiger partial charge in [0.15, 0.2) is 11.5 Å². The summed E-state index contributed by atoms with van der Waals surface area (Å²) in [5.74, 6) is 3.06. The molecule has 2 fully saturated rings. The average Bonchev–Trinajstić information content (AvgIpc) is 3.19. The fourth-order valence-corrected chi connectivity index (χ4v) is 4.87. The predicted molar refractivity (Wildman–Crippen MR) is 117 cm³/mol. The third-order valence-electron chi connectivity index (χ3n) is 6.51. The SMILES string of the molecule is CNc1nc(NC2[C@H]3CNC[C@@H]23)nn2ccc(-c3ccc4nc(C)n(CC(F)F)c4n3)c12. The summed E-state index contributed by atoms with van der Waals surface area (Å²) >= 11 is 0. The number of nitrogens with one attached hydrogen (secondary N) is 3. The summed E-state index contributed by atoms with van der Waals surface area (Å²) in [6, 6.07) is 5.99. The molecule has 6 rings (SSSR count). The summed E-state index contributed by atoms with van der Waals surface area (Å²) in [6.07, 6.45) is -0.620. The third-order valence-corrected chi connectivity index (χ3v) is 6.51. The van der Waals surface area contributed by atoms with Crippen LogP contribution < -0.4 is 16.0 Å². The van der Waals surface area contributed by atoms with E-state index in [1.807, 2.05) is 31.4 Å². The van der Waals surface area contributed by atoms with E-state index in [0.29, 0.717) is 52.3 Å². The lowest BCUT2D eigenvalue weighted by molar-refractivity contribution is 0.127. The summed E-state index contributed by atoms with van der Waals surface area (Å²) in [5, 5.41) is 14.7. The van der Waals surface area contributed by atoms with Crippen LogP contribution in [0.1, 0.15) is 5.82 Å².